The molecule has 3 aromatic rings. The summed E-state index contributed by atoms with van der Waals surface area (Å²) in [6.45, 7) is 1.81. The molecule has 1 N–H and O–H groups in total. The average Bonchev–Trinajstić information content (AvgIpc) is 3.28. The van der Waals surface area contributed by atoms with Gasteiger partial charge in [-0.2, -0.15) is 5.10 Å². The lowest BCUT2D eigenvalue weighted by atomic mass is 10.1. The summed E-state index contributed by atoms with van der Waals surface area (Å²) in [7, 11) is 0. The summed E-state index contributed by atoms with van der Waals surface area (Å²) in [6.07, 6.45) is 2.13. The predicted molar refractivity (Wildman–Crippen MR) is 82.5 cm³/mol. The van der Waals surface area contributed by atoms with Crippen LogP contribution in [0.3, 0.4) is 0 Å². The summed E-state index contributed by atoms with van der Waals surface area (Å²) in [5.41, 5.74) is 3.37. The minimum absolute atomic E-state index is 0.298. The summed E-state index contributed by atoms with van der Waals surface area (Å²) < 4.78 is 1.77. The molecule has 2 aromatic heterocycles. The number of nitrogens with zero attached hydrogens (tertiary/aromatic N) is 3. The van der Waals surface area contributed by atoms with Crippen molar-refractivity contribution < 1.29 is 9.90 Å². The quantitative estimate of drug-likeness (QED) is 0.804. The van der Waals surface area contributed by atoms with Crippen molar-refractivity contribution >= 4 is 17.0 Å². The smallest absolute Gasteiger partial charge is 0.336 e. The standard InChI is InChI=1S/C17H15N3O2/c1-10-9-13(17(21)22)14-15(11-7-8-11)19-20(16(14)18-10)12-5-3-2-4-6-12/h2-6,9,11H,7-8H2,1H3,(H,21,22). The van der Waals surface area contributed by atoms with E-state index in [0.29, 0.717) is 28.2 Å². The number of benzene rings is 1. The van der Waals surface area contributed by atoms with Crippen LogP contribution in [0.4, 0.5) is 0 Å². The van der Waals surface area contributed by atoms with Crippen LogP contribution in [0.15, 0.2) is 36.4 Å². The van der Waals surface area contributed by atoms with Gasteiger partial charge in [-0.1, -0.05) is 18.2 Å². The first kappa shape index (κ1) is 13.0. The molecule has 1 aromatic carbocycles. The highest BCUT2D eigenvalue weighted by atomic mass is 16.4. The number of carbonyl (C=O) groups is 1. The Labute approximate surface area is 127 Å². The maximum Gasteiger partial charge on any atom is 0.336 e. The topological polar surface area (TPSA) is 68.0 Å². The van der Waals surface area contributed by atoms with E-state index in [1.807, 2.05) is 37.3 Å². The molecule has 1 fully saturated rings. The Kier molecular flexibility index (Phi) is 2.76. The van der Waals surface area contributed by atoms with Crippen molar-refractivity contribution in [2.45, 2.75) is 25.7 Å². The van der Waals surface area contributed by atoms with E-state index in [1.54, 1.807) is 10.7 Å². The maximum atomic E-state index is 11.6. The summed E-state index contributed by atoms with van der Waals surface area (Å²) in [6, 6.07) is 11.4. The molecule has 5 heteroatoms. The Hall–Kier alpha value is -2.69. The second-order valence-electron chi connectivity index (χ2n) is 5.72. The lowest BCUT2D eigenvalue weighted by Gasteiger charge is -2.04. The van der Waals surface area contributed by atoms with Crippen LogP contribution in [0.1, 0.15) is 40.5 Å². The third kappa shape index (κ3) is 1.97. The molecule has 0 amide bonds. The first-order valence-corrected chi connectivity index (χ1v) is 7.34. The molecule has 0 unspecified atom stereocenters. The molecule has 1 saturated carbocycles. The van der Waals surface area contributed by atoms with Gasteiger partial charge in [0.05, 0.1) is 22.3 Å². The molecule has 0 bridgehead atoms. The number of pyridine rings is 1. The highest BCUT2D eigenvalue weighted by Gasteiger charge is 2.32. The van der Waals surface area contributed by atoms with E-state index < -0.39 is 5.97 Å². The third-order valence-corrected chi connectivity index (χ3v) is 3.99. The van der Waals surface area contributed by atoms with Crippen molar-refractivity contribution in [3.8, 4) is 5.69 Å². The van der Waals surface area contributed by atoms with Crippen molar-refractivity contribution in [1.82, 2.24) is 14.8 Å². The van der Waals surface area contributed by atoms with Gasteiger partial charge < -0.3 is 5.11 Å². The fourth-order valence-electron chi connectivity index (χ4n) is 2.83. The van der Waals surface area contributed by atoms with Crippen molar-refractivity contribution in [1.29, 1.82) is 0 Å². The Balaban J connectivity index is 2.09. The van der Waals surface area contributed by atoms with E-state index in [0.717, 1.165) is 24.2 Å². The Bertz CT molecular complexity index is 880. The van der Waals surface area contributed by atoms with Crippen LogP contribution in [-0.4, -0.2) is 25.8 Å². The Morgan fingerprint density at radius 3 is 2.64 bits per heavy atom. The molecule has 1 aliphatic rings. The number of aromatic carboxylic acids is 1. The molecule has 22 heavy (non-hydrogen) atoms. The van der Waals surface area contributed by atoms with Gasteiger partial charge in [0.25, 0.3) is 0 Å². The summed E-state index contributed by atoms with van der Waals surface area (Å²) in [4.78, 5) is 16.2. The fraction of sp³-hybridized carbons (Fsp3) is 0.235. The molecule has 0 spiro atoms. The predicted octanol–water partition coefficient (Wildman–Crippen LogP) is 3.30. The van der Waals surface area contributed by atoms with E-state index in [1.165, 1.54) is 0 Å². The minimum Gasteiger partial charge on any atom is -0.478 e. The van der Waals surface area contributed by atoms with E-state index in [9.17, 15) is 9.90 Å². The van der Waals surface area contributed by atoms with Crippen LogP contribution in [0.25, 0.3) is 16.7 Å². The number of fused-ring (bicyclic) bond motifs is 1. The molecule has 110 valence electrons. The number of carboxylic acid groups (broad SMARTS) is 1. The second kappa shape index (κ2) is 4.66. The van der Waals surface area contributed by atoms with Crippen LogP contribution >= 0.6 is 0 Å². The van der Waals surface area contributed by atoms with Crippen molar-refractivity contribution in [3.63, 3.8) is 0 Å². The van der Waals surface area contributed by atoms with Gasteiger partial charge in [-0.15, -0.1) is 0 Å². The lowest BCUT2D eigenvalue weighted by Crippen LogP contribution is -2.02. The van der Waals surface area contributed by atoms with Crippen molar-refractivity contribution in [3.05, 3.63) is 53.3 Å². The monoisotopic (exact) mass is 293 g/mol. The van der Waals surface area contributed by atoms with Crippen LogP contribution in [0.5, 0.6) is 0 Å². The highest BCUT2D eigenvalue weighted by Crippen LogP contribution is 2.43. The van der Waals surface area contributed by atoms with Crippen LogP contribution < -0.4 is 0 Å². The Morgan fingerprint density at radius 1 is 1.27 bits per heavy atom. The molecular weight excluding hydrogens is 278 g/mol. The summed E-state index contributed by atoms with van der Waals surface area (Å²) >= 11 is 0. The zero-order valence-corrected chi connectivity index (χ0v) is 12.2. The number of aromatic nitrogens is 3. The second-order valence-corrected chi connectivity index (χ2v) is 5.72. The van der Waals surface area contributed by atoms with Gasteiger partial charge in [-0.3, -0.25) is 0 Å². The fourth-order valence-corrected chi connectivity index (χ4v) is 2.83. The van der Waals surface area contributed by atoms with E-state index >= 15 is 0 Å². The lowest BCUT2D eigenvalue weighted by molar-refractivity contribution is 0.0698. The number of carboxylic acids is 1. The molecule has 0 radical (unpaired) electrons. The van der Waals surface area contributed by atoms with E-state index in [-0.39, 0.29) is 0 Å². The molecular formula is C17H15N3O2. The molecule has 0 saturated heterocycles. The van der Waals surface area contributed by atoms with Gasteiger partial charge in [-0.25, -0.2) is 14.5 Å². The number of aryl methyl sites for hydroxylation is 1. The Morgan fingerprint density at radius 2 is 2.00 bits per heavy atom. The molecule has 0 aliphatic heterocycles. The van der Waals surface area contributed by atoms with Crippen LogP contribution in [0.2, 0.25) is 0 Å². The van der Waals surface area contributed by atoms with E-state index in [2.05, 4.69) is 4.98 Å². The normalized spacial score (nSPS) is 14.4. The first-order valence-electron chi connectivity index (χ1n) is 7.34. The molecule has 4 rings (SSSR count). The SMILES string of the molecule is Cc1cc(C(=O)O)c2c(C3CC3)nn(-c3ccccc3)c2n1. The summed E-state index contributed by atoms with van der Waals surface area (Å²) in [5, 5.41) is 14.9. The average molecular weight is 293 g/mol. The number of hydrogen-bond acceptors (Lipinski definition) is 3. The van der Waals surface area contributed by atoms with Gasteiger partial charge in [-0.05, 0) is 38.0 Å². The van der Waals surface area contributed by atoms with Gasteiger partial charge in [0.1, 0.15) is 0 Å². The largest absolute Gasteiger partial charge is 0.478 e. The van der Waals surface area contributed by atoms with Crippen LogP contribution in [0, 0.1) is 6.92 Å². The van der Waals surface area contributed by atoms with E-state index in [4.69, 9.17) is 5.10 Å². The molecule has 1 aliphatic carbocycles. The number of rotatable bonds is 3. The van der Waals surface area contributed by atoms with Gasteiger partial charge in [0.15, 0.2) is 5.65 Å². The molecule has 5 nitrogen and oxygen atoms in total. The minimum atomic E-state index is -0.926. The summed E-state index contributed by atoms with van der Waals surface area (Å²) in [5.74, 6) is -0.569. The zero-order valence-electron chi connectivity index (χ0n) is 12.2. The van der Waals surface area contributed by atoms with Crippen molar-refractivity contribution in [2.75, 3.05) is 0 Å². The van der Waals surface area contributed by atoms with Crippen LogP contribution in [-0.2, 0) is 0 Å². The molecule has 0 atom stereocenters. The van der Waals surface area contributed by atoms with Crippen molar-refractivity contribution in [2.24, 2.45) is 0 Å². The number of para-hydroxylation sites is 1. The maximum absolute atomic E-state index is 11.6. The van der Waals surface area contributed by atoms with Gasteiger partial charge in [0.2, 0.25) is 0 Å². The molecule has 2 heterocycles. The highest BCUT2D eigenvalue weighted by molar-refractivity contribution is 6.03. The zero-order chi connectivity index (χ0) is 15.3. The van der Waals surface area contributed by atoms with Gasteiger partial charge in [0, 0.05) is 11.6 Å². The van der Waals surface area contributed by atoms with Gasteiger partial charge >= 0.3 is 5.97 Å². The number of hydrogen-bond donors (Lipinski definition) is 1. The first-order chi connectivity index (χ1) is 10.6. The third-order valence-electron chi connectivity index (χ3n) is 3.99.